The first-order chi connectivity index (χ1) is 8.22. The first-order valence-corrected chi connectivity index (χ1v) is 5.54. The van der Waals surface area contributed by atoms with E-state index in [9.17, 15) is 0 Å². The van der Waals surface area contributed by atoms with Gasteiger partial charge in [0.2, 0.25) is 0 Å². The molecule has 2 N–H and O–H groups in total. The largest absolute Gasteiger partial charge is 0.496 e. The molecule has 1 aromatic heterocycles. The summed E-state index contributed by atoms with van der Waals surface area (Å²) in [7, 11) is 1.68. The van der Waals surface area contributed by atoms with Gasteiger partial charge in [-0.15, -0.1) is 0 Å². The number of para-hydroxylation sites is 1. The molecule has 3 heteroatoms. The number of rotatable bonds is 3. The van der Waals surface area contributed by atoms with Gasteiger partial charge in [-0.3, -0.25) is 0 Å². The fourth-order valence-electron chi connectivity index (χ4n) is 1.88. The SMILES string of the molecule is COc1ccccc1Cc1c(C)ccnc1N. The van der Waals surface area contributed by atoms with Crippen LogP contribution in [0, 0.1) is 6.92 Å². The second-order valence-corrected chi connectivity index (χ2v) is 3.98. The number of aromatic nitrogens is 1. The molecule has 0 saturated heterocycles. The van der Waals surface area contributed by atoms with Crippen LogP contribution < -0.4 is 10.5 Å². The van der Waals surface area contributed by atoms with Crippen molar-refractivity contribution in [2.45, 2.75) is 13.3 Å². The number of hydrogen-bond donors (Lipinski definition) is 1. The fourth-order valence-corrected chi connectivity index (χ4v) is 1.88. The summed E-state index contributed by atoms with van der Waals surface area (Å²) in [5.41, 5.74) is 9.25. The minimum atomic E-state index is 0.593. The Morgan fingerprint density at radius 1 is 1.24 bits per heavy atom. The maximum atomic E-state index is 5.91. The predicted molar refractivity (Wildman–Crippen MR) is 69.2 cm³/mol. The number of nitrogen functional groups attached to an aromatic ring is 1. The second-order valence-electron chi connectivity index (χ2n) is 3.98. The van der Waals surface area contributed by atoms with E-state index in [4.69, 9.17) is 10.5 Å². The maximum Gasteiger partial charge on any atom is 0.127 e. The highest BCUT2D eigenvalue weighted by Crippen LogP contribution is 2.24. The van der Waals surface area contributed by atoms with E-state index < -0.39 is 0 Å². The van der Waals surface area contributed by atoms with Gasteiger partial charge in [0.25, 0.3) is 0 Å². The Bertz CT molecular complexity index is 503. The van der Waals surface area contributed by atoms with Crippen molar-refractivity contribution in [3.05, 3.63) is 53.2 Å². The van der Waals surface area contributed by atoms with Crippen molar-refractivity contribution >= 4 is 5.82 Å². The summed E-state index contributed by atoms with van der Waals surface area (Å²) in [5.74, 6) is 1.48. The minimum absolute atomic E-state index is 0.593. The third kappa shape index (κ3) is 2.38. The predicted octanol–water partition coefficient (Wildman–Crippen LogP) is 2.57. The molecule has 0 unspecified atom stereocenters. The molecule has 0 aliphatic heterocycles. The van der Waals surface area contributed by atoms with Crippen LogP contribution in [-0.2, 0) is 6.42 Å². The summed E-state index contributed by atoms with van der Waals surface area (Å²) >= 11 is 0. The van der Waals surface area contributed by atoms with Crippen LogP contribution in [0.1, 0.15) is 16.7 Å². The lowest BCUT2D eigenvalue weighted by molar-refractivity contribution is 0.410. The summed E-state index contributed by atoms with van der Waals surface area (Å²) < 4.78 is 5.34. The maximum absolute atomic E-state index is 5.91. The van der Waals surface area contributed by atoms with Crippen LogP contribution in [0.4, 0.5) is 5.82 Å². The van der Waals surface area contributed by atoms with Gasteiger partial charge in [0.15, 0.2) is 0 Å². The number of pyridine rings is 1. The van der Waals surface area contributed by atoms with Gasteiger partial charge in [-0.05, 0) is 30.2 Å². The number of hydrogen-bond acceptors (Lipinski definition) is 3. The molecule has 88 valence electrons. The number of nitrogens with zero attached hydrogens (tertiary/aromatic N) is 1. The average molecular weight is 228 g/mol. The van der Waals surface area contributed by atoms with E-state index in [0.717, 1.165) is 28.9 Å². The number of methoxy groups -OCH3 is 1. The molecule has 1 aromatic carbocycles. The molecule has 0 aliphatic rings. The Kier molecular flexibility index (Phi) is 3.28. The second kappa shape index (κ2) is 4.87. The van der Waals surface area contributed by atoms with E-state index in [2.05, 4.69) is 4.98 Å². The monoisotopic (exact) mass is 228 g/mol. The normalized spacial score (nSPS) is 10.2. The van der Waals surface area contributed by atoms with Crippen LogP contribution in [0.25, 0.3) is 0 Å². The number of nitrogens with two attached hydrogens (primary N) is 1. The highest BCUT2D eigenvalue weighted by Gasteiger charge is 2.08. The molecule has 0 fully saturated rings. The third-order valence-corrected chi connectivity index (χ3v) is 2.88. The van der Waals surface area contributed by atoms with Gasteiger partial charge in [0.1, 0.15) is 11.6 Å². The molecule has 0 bridgehead atoms. The zero-order chi connectivity index (χ0) is 12.3. The highest BCUT2D eigenvalue weighted by molar-refractivity contribution is 5.48. The van der Waals surface area contributed by atoms with Gasteiger partial charge in [-0.2, -0.15) is 0 Å². The molecule has 2 rings (SSSR count). The average Bonchev–Trinajstić information content (AvgIpc) is 2.34. The van der Waals surface area contributed by atoms with Crippen molar-refractivity contribution in [1.29, 1.82) is 0 Å². The number of benzene rings is 1. The van der Waals surface area contributed by atoms with Crippen molar-refractivity contribution in [1.82, 2.24) is 4.98 Å². The molecule has 0 saturated carbocycles. The van der Waals surface area contributed by atoms with Crippen molar-refractivity contribution < 1.29 is 4.74 Å². The fraction of sp³-hybridized carbons (Fsp3) is 0.214. The smallest absolute Gasteiger partial charge is 0.127 e. The number of anilines is 1. The van der Waals surface area contributed by atoms with Crippen LogP contribution in [0.2, 0.25) is 0 Å². The molecular weight excluding hydrogens is 212 g/mol. The quantitative estimate of drug-likeness (QED) is 0.878. The molecule has 0 radical (unpaired) electrons. The van der Waals surface area contributed by atoms with Crippen LogP contribution >= 0.6 is 0 Å². The van der Waals surface area contributed by atoms with Gasteiger partial charge in [-0.25, -0.2) is 4.98 Å². The summed E-state index contributed by atoms with van der Waals surface area (Å²) in [6.45, 7) is 2.04. The van der Waals surface area contributed by atoms with Crippen LogP contribution in [0.15, 0.2) is 36.5 Å². The molecule has 17 heavy (non-hydrogen) atoms. The van der Waals surface area contributed by atoms with Crippen LogP contribution in [0.5, 0.6) is 5.75 Å². The van der Waals surface area contributed by atoms with Gasteiger partial charge >= 0.3 is 0 Å². The summed E-state index contributed by atoms with van der Waals surface area (Å²) in [4.78, 5) is 4.13. The van der Waals surface area contributed by atoms with Gasteiger partial charge in [0, 0.05) is 18.2 Å². The number of ether oxygens (including phenoxy) is 1. The zero-order valence-corrected chi connectivity index (χ0v) is 10.1. The van der Waals surface area contributed by atoms with Crippen molar-refractivity contribution in [2.24, 2.45) is 0 Å². The van der Waals surface area contributed by atoms with E-state index in [1.54, 1.807) is 13.3 Å². The lowest BCUT2D eigenvalue weighted by Gasteiger charge is -2.11. The standard InChI is InChI=1S/C14H16N2O/c1-10-7-8-16-14(15)12(10)9-11-5-3-4-6-13(11)17-2/h3-8H,9H2,1-2H3,(H2,15,16). The molecule has 0 atom stereocenters. The van der Waals surface area contributed by atoms with E-state index in [-0.39, 0.29) is 0 Å². The van der Waals surface area contributed by atoms with E-state index in [1.165, 1.54) is 0 Å². The topological polar surface area (TPSA) is 48.1 Å². The van der Waals surface area contributed by atoms with E-state index >= 15 is 0 Å². The summed E-state index contributed by atoms with van der Waals surface area (Å²) in [6.07, 6.45) is 2.48. The van der Waals surface area contributed by atoms with Crippen LogP contribution in [0.3, 0.4) is 0 Å². The highest BCUT2D eigenvalue weighted by atomic mass is 16.5. The van der Waals surface area contributed by atoms with Gasteiger partial charge < -0.3 is 10.5 Å². The third-order valence-electron chi connectivity index (χ3n) is 2.88. The van der Waals surface area contributed by atoms with E-state index in [1.807, 2.05) is 37.3 Å². The Labute approximate surface area is 101 Å². The van der Waals surface area contributed by atoms with Gasteiger partial charge in [-0.1, -0.05) is 18.2 Å². The molecule has 0 amide bonds. The first kappa shape index (κ1) is 11.5. The van der Waals surface area contributed by atoms with Crippen molar-refractivity contribution in [3.8, 4) is 5.75 Å². The Morgan fingerprint density at radius 3 is 2.71 bits per heavy atom. The van der Waals surface area contributed by atoms with Crippen molar-refractivity contribution in [2.75, 3.05) is 12.8 Å². The Balaban J connectivity index is 2.38. The Hall–Kier alpha value is -2.03. The number of aryl methyl sites for hydroxylation is 1. The Morgan fingerprint density at radius 2 is 2.00 bits per heavy atom. The van der Waals surface area contributed by atoms with Crippen LogP contribution in [-0.4, -0.2) is 12.1 Å². The zero-order valence-electron chi connectivity index (χ0n) is 10.1. The minimum Gasteiger partial charge on any atom is -0.496 e. The molecular formula is C14H16N2O. The van der Waals surface area contributed by atoms with Crippen molar-refractivity contribution in [3.63, 3.8) is 0 Å². The lowest BCUT2D eigenvalue weighted by Crippen LogP contribution is -2.02. The first-order valence-electron chi connectivity index (χ1n) is 5.54. The van der Waals surface area contributed by atoms with E-state index in [0.29, 0.717) is 5.82 Å². The summed E-state index contributed by atoms with van der Waals surface area (Å²) in [6, 6.07) is 9.94. The molecule has 0 spiro atoms. The molecule has 3 nitrogen and oxygen atoms in total. The van der Waals surface area contributed by atoms with Gasteiger partial charge in [0.05, 0.1) is 7.11 Å². The lowest BCUT2D eigenvalue weighted by atomic mass is 10.0. The molecule has 2 aromatic rings. The molecule has 1 heterocycles. The molecule has 0 aliphatic carbocycles. The summed E-state index contributed by atoms with van der Waals surface area (Å²) in [5, 5.41) is 0.